The second-order valence-electron chi connectivity index (χ2n) is 5.75. The van der Waals surface area contributed by atoms with Crippen molar-refractivity contribution in [3.63, 3.8) is 0 Å². The van der Waals surface area contributed by atoms with Crippen LogP contribution in [-0.4, -0.2) is 42.6 Å². The number of hydrogen-bond acceptors (Lipinski definition) is 6. The second-order valence-corrected chi connectivity index (χ2v) is 5.75. The number of hydrogen-bond donors (Lipinski definition) is 1. The van der Waals surface area contributed by atoms with E-state index in [2.05, 4.69) is 10.5 Å². The van der Waals surface area contributed by atoms with E-state index in [9.17, 15) is 9.59 Å². The van der Waals surface area contributed by atoms with Crippen molar-refractivity contribution in [1.82, 2.24) is 10.1 Å². The second kappa shape index (κ2) is 8.89. The van der Waals surface area contributed by atoms with Crippen molar-refractivity contribution in [3.8, 4) is 11.5 Å². The molecule has 0 aliphatic carbocycles. The fourth-order valence-corrected chi connectivity index (χ4v) is 2.41. The van der Waals surface area contributed by atoms with Gasteiger partial charge in [-0.15, -0.1) is 0 Å². The summed E-state index contributed by atoms with van der Waals surface area (Å²) in [7, 11) is 3.12. The summed E-state index contributed by atoms with van der Waals surface area (Å²) < 4.78 is 15.4. The molecule has 0 atom stereocenters. The van der Waals surface area contributed by atoms with Crippen molar-refractivity contribution in [2.75, 3.05) is 26.1 Å². The number of carbonyl (C=O) groups excluding carboxylic acids is 2. The third-order valence-corrected chi connectivity index (χ3v) is 3.77. The number of amides is 2. The number of nitrogens with zero attached hydrogens (tertiary/aromatic N) is 2. The van der Waals surface area contributed by atoms with Gasteiger partial charge in [-0.25, -0.2) is 0 Å². The zero-order chi connectivity index (χ0) is 19.1. The van der Waals surface area contributed by atoms with Crippen LogP contribution in [0.25, 0.3) is 0 Å². The zero-order valence-electron chi connectivity index (χ0n) is 15.4. The first-order valence-electron chi connectivity index (χ1n) is 8.12. The number of nitrogens with one attached hydrogen (secondary N) is 1. The average Bonchev–Trinajstić information content (AvgIpc) is 3.02. The fourth-order valence-electron chi connectivity index (χ4n) is 2.41. The summed E-state index contributed by atoms with van der Waals surface area (Å²) in [4.78, 5) is 25.5. The molecule has 1 heterocycles. The summed E-state index contributed by atoms with van der Waals surface area (Å²) in [6, 6.07) is 7.08. The molecule has 0 aliphatic rings. The highest BCUT2D eigenvalue weighted by Gasteiger charge is 2.14. The summed E-state index contributed by atoms with van der Waals surface area (Å²) in [6.07, 6.45) is 0.152. The van der Waals surface area contributed by atoms with Crippen LogP contribution >= 0.6 is 0 Å². The number of anilines is 1. The molecular weight excluding hydrogens is 338 g/mol. The molecule has 0 bridgehead atoms. The van der Waals surface area contributed by atoms with E-state index in [1.807, 2.05) is 12.1 Å². The van der Waals surface area contributed by atoms with E-state index in [0.717, 1.165) is 5.56 Å². The third kappa shape index (κ3) is 5.23. The highest BCUT2D eigenvalue weighted by Crippen LogP contribution is 2.28. The van der Waals surface area contributed by atoms with Gasteiger partial charge in [-0.05, 0) is 24.6 Å². The number of aryl methyl sites for hydroxylation is 1. The molecule has 0 radical (unpaired) electrons. The molecule has 2 aromatic rings. The van der Waals surface area contributed by atoms with Crippen LogP contribution < -0.4 is 14.8 Å². The Morgan fingerprint density at radius 1 is 1.19 bits per heavy atom. The Morgan fingerprint density at radius 3 is 2.50 bits per heavy atom. The van der Waals surface area contributed by atoms with E-state index < -0.39 is 0 Å². The maximum atomic E-state index is 12.0. The molecule has 0 aliphatic heterocycles. The summed E-state index contributed by atoms with van der Waals surface area (Å²) in [5.74, 6) is 1.82. The topological polar surface area (TPSA) is 93.9 Å². The Morgan fingerprint density at radius 2 is 1.92 bits per heavy atom. The first-order valence-corrected chi connectivity index (χ1v) is 8.12. The van der Waals surface area contributed by atoms with Crippen molar-refractivity contribution < 1.29 is 23.6 Å². The monoisotopic (exact) mass is 361 g/mol. The van der Waals surface area contributed by atoms with Crippen LogP contribution in [0.2, 0.25) is 0 Å². The van der Waals surface area contributed by atoms with Gasteiger partial charge in [-0.2, -0.15) is 0 Å². The molecule has 0 unspecified atom stereocenters. The van der Waals surface area contributed by atoms with Crippen molar-refractivity contribution >= 4 is 17.6 Å². The average molecular weight is 361 g/mol. The predicted molar refractivity (Wildman–Crippen MR) is 95.1 cm³/mol. The largest absolute Gasteiger partial charge is 0.493 e. The van der Waals surface area contributed by atoms with E-state index in [4.69, 9.17) is 14.0 Å². The van der Waals surface area contributed by atoms with Crippen molar-refractivity contribution in [1.29, 1.82) is 0 Å². The van der Waals surface area contributed by atoms with E-state index >= 15 is 0 Å². The van der Waals surface area contributed by atoms with Crippen LogP contribution in [0.5, 0.6) is 11.5 Å². The van der Waals surface area contributed by atoms with Crippen LogP contribution in [0.1, 0.15) is 24.7 Å². The van der Waals surface area contributed by atoms with Gasteiger partial charge in [0.05, 0.1) is 14.2 Å². The van der Waals surface area contributed by atoms with Gasteiger partial charge in [0, 0.05) is 32.5 Å². The maximum Gasteiger partial charge on any atom is 0.227 e. The Labute approximate surface area is 152 Å². The van der Waals surface area contributed by atoms with Crippen LogP contribution in [0.15, 0.2) is 28.8 Å². The zero-order valence-corrected chi connectivity index (χ0v) is 15.4. The van der Waals surface area contributed by atoms with E-state index in [-0.39, 0.29) is 24.8 Å². The normalized spacial score (nSPS) is 10.3. The highest BCUT2D eigenvalue weighted by molar-refractivity contribution is 5.90. The number of rotatable bonds is 8. The third-order valence-electron chi connectivity index (χ3n) is 3.77. The highest BCUT2D eigenvalue weighted by atomic mass is 16.5. The smallest absolute Gasteiger partial charge is 0.227 e. The van der Waals surface area contributed by atoms with Crippen LogP contribution in [0.3, 0.4) is 0 Å². The van der Waals surface area contributed by atoms with Gasteiger partial charge < -0.3 is 24.2 Å². The number of benzene rings is 1. The van der Waals surface area contributed by atoms with Crippen molar-refractivity contribution in [2.45, 2.75) is 26.8 Å². The first-order chi connectivity index (χ1) is 12.4. The fraction of sp³-hybridized carbons (Fsp3) is 0.389. The SMILES string of the molecule is COc1ccc(CN(CCC(=O)Nc2cc(C)on2)C(C)=O)cc1OC. The summed E-state index contributed by atoms with van der Waals surface area (Å²) in [5, 5.41) is 6.34. The molecule has 8 nitrogen and oxygen atoms in total. The van der Waals surface area contributed by atoms with Crippen LogP contribution in [0.4, 0.5) is 5.82 Å². The maximum absolute atomic E-state index is 12.0. The molecule has 0 fully saturated rings. The number of carbonyl (C=O) groups is 2. The Balaban J connectivity index is 1.96. The number of ether oxygens (including phenoxy) is 2. The molecule has 2 amide bonds. The van der Waals surface area contributed by atoms with Gasteiger partial charge in [0.1, 0.15) is 5.76 Å². The molecule has 0 spiro atoms. The van der Waals surface area contributed by atoms with E-state index in [0.29, 0.717) is 29.6 Å². The van der Waals surface area contributed by atoms with Crippen molar-refractivity contribution in [3.05, 3.63) is 35.6 Å². The molecule has 1 N–H and O–H groups in total. The lowest BCUT2D eigenvalue weighted by atomic mass is 10.1. The summed E-state index contributed by atoms with van der Waals surface area (Å²) >= 11 is 0. The minimum atomic E-state index is -0.239. The minimum absolute atomic E-state index is 0.120. The molecule has 2 rings (SSSR count). The minimum Gasteiger partial charge on any atom is -0.493 e. The molecule has 140 valence electrons. The molecule has 0 saturated carbocycles. The molecule has 1 aromatic carbocycles. The molecular formula is C18H23N3O5. The quantitative estimate of drug-likeness (QED) is 0.776. The molecule has 0 saturated heterocycles. The Hall–Kier alpha value is -3.03. The summed E-state index contributed by atoms with van der Waals surface area (Å²) in [5.41, 5.74) is 0.880. The Kier molecular flexibility index (Phi) is 6.60. The lowest BCUT2D eigenvalue weighted by Gasteiger charge is -2.21. The van der Waals surface area contributed by atoms with E-state index in [1.54, 1.807) is 38.2 Å². The number of methoxy groups -OCH3 is 2. The van der Waals surface area contributed by atoms with Crippen LogP contribution in [-0.2, 0) is 16.1 Å². The molecule has 1 aromatic heterocycles. The van der Waals surface area contributed by atoms with E-state index in [1.165, 1.54) is 6.92 Å². The lowest BCUT2D eigenvalue weighted by Crippen LogP contribution is -2.31. The van der Waals surface area contributed by atoms with Crippen molar-refractivity contribution in [2.24, 2.45) is 0 Å². The summed E-state index contributed by atoms with van der Waals surface area (Å²) in [6.45, 7) is 3.86. The number of aromatic nitrogens is 1. The van der Waals surface area contributed by atoms with Crippen LogP contribution in [0, 0.1) is 6.92 Å². The molecule has 8 heteroatoms. The van der Waals surface area contributed by atoms with Gasteiger partial charge in [0.15, 0.2) is 17.3 Å². The Bertz CT molecular complexity index is 772. The first kappa shape index (κ1) is 19.3. The standard InChI is InChI=1S/C18H23N3O5/c1-12-9-17(20-26-12)19-18(23)7-8-21(13(2)22)11-14-5-6-15(24-3)16(10-14)25-4/h5-6,9-10H,7-8,11H2,1-4H3,(H,19,20,23). The molecule has 26 heavy (non-hydrogen) atoms. The van der Waals surface area contributed by atoms with Gasteiger partial charge in [-0.1, -0.05) is 11.2 Å². The lowest BCUT2D eigenvalue weighted by molar-refractivity contribution is -0.129. The van der Waals surface area contributed by atoms with Gasteiger partial charge in [0.25, 0.3) is 0 Å². The van der Waals surface area contributed by atoms with Gasteiger partial charge >= 0.3 is 0 Å². The predicted octanol–water partition coefficient (Wildman–Crippen LogP) is 2.38. The van der Waals surface area contributed by atoms with Gasteiger partial charge in [-0.3, -0.25) is 9.59 Å². The van der Waals surface area contributed by atoms with Gasteiger partial charge in [0.2, 0.25) is 11.8 Å².